The van der Waals surface area contributed by atoms with E-state index < -0.39 is 51.1 Å². The fraction of sp³-hybridized carbons (Fsp3) is 0.825. The molecule has 0 aromatic rings. The maximum atomic E-state index is 12.6. The van der Waals surface area contributed by atoms with E-state index in [2.05, 4.69) is 48.4 Å². The zero-order valence-corrected chi connectivity index (χ0v) is 33.6. The molecule has 304 valence electrons. The normalized spacial score (nSPS) is 14.1. The molecule has 0 fully saturated rings. The van der Waals surface area contributed by atoms with E-state index in [4.69, 9.17) is 14.0 Å². The van der Waals surface area contributed by atoms with E-state index >= 15 is 0 Å². The largest absolute Gasteiger partial charge is 0.756 e. The van der Waals surface area contributed by atoms with E-state index in [1.165, 1.54) is 77.0 Å². The standard InChI is InChI=1S/C40H74NO10P/c1-3-5-7-9-11-13-15-17-18-20-22-24-26-28-30-32-39(43)51-36(34-49-52(46,47)50-35-37(41)40(44)45)33-48-38(42)31-29-27-25-23-21-19-16-14-12-10-8-6-4-2/h11,13,17-18,36-37H,3-10,12,14-16,19-35,41H2,1-2H3,(H,44,45)(H,46,47)/p-1/b13-11-,18-17-/t36-,37+/m1/s1. The van der Waals surface area contributed by atoms with Crippen LogP contribution in [0.4, 0.5) is 0 Å². The molecule has 12 heteroatoms. The highest BCUT2D eigenvalue weighted by molar-refractivity contribution is 7.45. The highest BCUT2D eigenvalue weighted by Crippen LogP contribution is 2.38. The molecule has 3 atom stereocenters. The van der Waals surface area contributed by atoms with Crippen LogP contribution in [0, 0.1) is 0 Å². The van der Waals surface area contributed by atoms with Gasteiger partial charge in [0.25, 0.3) is 7.82 Å². The van der Waals surface area contributed by atoms with Gasteiger partial charge in [-0.2, -0.15) is 0 Å². The van der Waals surface area contributed by atoms with E-state index in [0.29, 0.717) is 12.8 Å². The van der Waals surface area contributed by atoms with Gasteiger partial charge in [0.1, 0.15) is 25.2 Å². The van der Waals surface area contributed by atoms with Crippen LogP contribution in [0.2, 0.25) is 0 Å². The first-order valence-electron chi connectivity index (χ1n) is 20.4. The molecule has 0 aliphatic carbocycles. The molecule has 0 bridgehead atoms. The van der Waals surface area contributed by atoms with Gasteiger partial charge in [0.15, 0.2) is 6.10 Å². The molecule has 0 aliphatic heterocycles. The zero-order valence-electron chi connectivity index (χ0n) is 32.7. The number of carboxylic acid groups (broad SMARTS) is 1. The number of carboxylic acids is 1. The average Bonchev–Trinajstić information content (AvgIpc) is 3.12. The average molecular weight is 759 g/mol. The van der Waals surface area contributed by atoms with Gasteiger partial charge in [0.2, 0.25) is 0 Å². The van der Waals surface area contributed by atoms with Crippen molar-refractivity contribution in [2.24, 2.45) is 0 Å². The van der Waals surface area contributed by atoms with Crippen LogP contribution < -0.4 is 15.7 Å². The molecule has 1 unspecified atom stereocenters. The summed E-state index contributed by atoms with van der Waals surface area (Å²) in [6, 6.07) is -1.42. The van der Waals surface area contributed by atoms with Crippen LogP contribution in [-0.2, 0) is 37.5 Å². The van der Waals surface area contributed by atoms with Gasteiger partial charge in [-0.05, 0) is 44.9 Å². The van der Waals surface area contributed by atoms with Crippen molar-refractivity contribution in [3.05, 3.63) is 24.3 Å². The lowest BCUT2D eigenvalue weighted by atomic mass is 10.0. The second-order valence-corrected chi connectivity index (χ2v) is 15.2. The van der Waals surface area contributed by atoms with Gasteiger partial charge in [-0.1, -0.05) is 147 Å². The number of hydrogen-bond acceptors (Lipinski definition) is 10. The van der Waals surface area contributed by atoms with E-state index in [1.807, 2.05) is 0 Å². The maximum absolute atomic E-state index is 12.6. The lowest BCUT2D eigenvalue weighted by molar-refractivity contribution is -0.441. The molecule has 0 radical (unpaired) electrons. The lowest BCUT2D eigenvalue weighted by Crippen LogP contribution is -2.70. The Morgan fingerprint density at radius 1 is 0.596 bits per heavy atom. The summed E-state index contributed by atoms with van der Waals surface area (Å²) >= 11 is 0. The third-order valence-electron chi connectivity index (χ3n) is 8.73. The zero-order chi connectivity index (χ0) is 38.5. The Kier molecular flexibility index (Phi) is 34.6. The van der Waals surface area contributed by atoms with Crippen molar-refractivity contribution >= 4 is 25.7 Å². The number of hydrogen-bond donors (Lipinski definition) is 1. The van der Waals surface area contributed by atoms with E-state index in [9.17, 15) is 28.9 Å². The van der Waals surface area contributed by atoms with E-state index in [0.717, 1.165) is 64.2 Å². The number of quaternary nitrogens is 1. The van der Waals surface area contributed by atoms with Crippen molar-refractivity contribution in [3.8, 4) is 0 Å². The quantitative estimate of drug-likeness (QED) is 0.0285. The molecule has 0 saturated carbocycles. The summed E-state index contributed by atoms with van der Waals surface area (Å²) in [5.41, 5.74) is 3.23. The van der Waals surface area contributed by atoms with Crippen LogP contribution in [-0.4, -0.2) is 49.9 Å². The van der Waals surface area contributed by atoms with E-state index in [1.54, 1.807) is 0 Å². The molecule has 0 aliphatic rings. The summed E-state index contributed by atoms with van der Waals surface area (Å²) in [6.07, 6.45) is 35.1. The van der Waals surface area contributed by atoms with Gasteiger partial charge in [0, 0.05) is 12.8 Å². The fourth-order valence-electron chi connectivity index (χ4n) is 5.45. The number of allylic oxidation sites excluding steroid dienone is 4. The monoisotopic (exact) mass is 758 g/mol. The van der Waals surface area contributed by atoms with Crippen molar-refractivity contribution in [1.29, 1.82) is 0 Å². The number of phosphoric acid groups is 1. The smallest absolute Gasteiger partial charge is 0.306 e. The van der Waals surface area contributed by atoms with Crippen LogP contribution in [0.3, 0.4) is 0 Å². The maximum Gasteiger partial charge on any atom is 0.306 e. The van der Waals surface area contributed by atoms with Crippen molar-refractivity contribution in [1.82, 2.24) is 0 Å². The topological polar surface area (TPSA) is 179 Å². The predicted octanol–water partition coefficient (Wildman–Crippen LogP) is 7.60. The lowest BCUT2D eigenvalue weighted by Gasteiger charge is -2.26. The third kappa shape index (κ3) is 35.0. The highest BCUT2D eigenvalue weighted by Gasteiger charge is 2.22. The van der Waals surface area contributed by atoms with Gasteiger partial charge < -0.3 is 39.0 Å². The first-order chi connectivity index (χ1) is 25.1. The Morgan fingerprint density at radius 3 is 1.54 bits per heavy atom. The Morgan fingerprint density at radius 2 is 1.02 bits per heavy atom. The number of carbonyl (C=O) groups excluding carboxylic acids is 3. The number of unbranched alkanes of at least 4 members (excludes halogenated alkanes) is 20. The van der Waals surface area contributed by atoms with Gasteiger partial charge in [0.05, 0.1) is 6.61 Å². The first kappa shape index (κ1) is 50.0. The molecular weight excluding hydrogens is 685 g/mol. The second-order valence-electron chi connectivity index (χ2n) is 13.8. The van der Waals surface area contributed by atoms with Gasteiger partial charge in [-0.25, -0.2) is 0 Å². The summed E-state index contributed by atoms with van der Waals surface area (Å²) in [5, 5.41) is 10.8. The molecule has 0 aromatic carbocycles. The predicted molar refractivity (Wildman–Crippen MR) is 202 cm³/mol. The number of rotatable bonds is 38. The minimum Gasteiger partial charge on any atom is -0.756 e. The molecule has 0 amide bonds. The number of phosphoric ester groups is 1. The summed E-state index contributed by atoms with van der Waals surface area (Å²) in [6.45, 7) is 2.66. The van der Waals surface area contributed by atoms with Crippen molar-refractivity contribution < 1.29 is 53.2 Å². The van der Waals surface area contributed by atoms with Crippen molar-refractivity contribution in [3.63, 3.8) is 0 Å². The van der Waals surface area contributed by atoms with Crippen molar-refractivity contribution in [2.75, 3.05) is 19.8 Å². The Balaban J connectivity index is 4.42. The molecule has 0 aromatic heterocycles. The van der Waals surface area contributed by atoms with Crippen LogP contribution in [0.5, 0.6) is 0 Å². The summed E-state index contributed by atoms with van der Waals surface area (Å²) < 4.78 is 32.3. The Bertz CT molecular complexity index is 989. The number of ether oxygens (including phenoxy) is 2. The van der Waals surface area contributed by atoms with Gasteiger partial charge in [-0.3, -0.25) is 14.2 Å². The summed E-state index contributed by atoms with van der Waals surface area (Å²) in [4.78, 5) is 47.9. The fourth-order valence-corrected chi connectivity index (χ4v) is 6.23. The van der Waals surface area contributed by atoms with Gasteiger partial charge in [-0.15, -0.1) is 0 Å². The molecule has 0 saturated heterocycles. The van der Waals surface area contributed by atoms with Crippen LogP contribution >= 0.6 is 7.82 Å². The second kappa shape index (κ2) is 36.0. The molecule has 0 spiro atoms. The molecule has 11 nitrogen and oxygen atoms in total. The van der Waals surface area contributed by atoms with Crippen LogP contribution in [0.25, 0.3) is 0 Å². The minimum atomic E-state index is -4.95. The summed E-state index contributed by atoms with van der Waals surface area (Å²) in [7, 11) is -4.95. The van der Waals surface area contributed by atoms with E-state index in [-0.39, 0.29) is 19.4 Å². The minimum absolute atomic E-state index is 0.133. The molecule has 3 N–H and O–H groups in total. The Hall–Kier alpha value is -2.04. The molecule has 52 heavy (non-hydrogen) atoms. The van der Waals surface area contributed by atoms with Crippen LogP contribution in [0.1, 0.15) is 181 Å². The SMILES string of the molecule is CCCCC/C=C\C/C=C\CCCCCCCC(=O)O[C@H](COC(=O)CCCCCCCCCCCCCCC)COP(=O)([O-])OC[C@H]([NH3+])C(=O)[O-]. The molecular formula is C40H73NO10P-. The number of esters is 2. The third-order valence-corrected chi connectivity index (χ3v) is 9.66. The first-order valence-corrected chi connectivity index (χ1v) is 21.9. The van der Waals surface area contributed by atoms with Crippen LogP contribution in [0.15, 0.2) is 24.3 Å². The highest BCUT2D eigenvalue weighted by atomic mass is 31.2. The van der Waals surface area contributed by atoms with Gasteiger partial charge >= 0.3 is 11.9 Å². The molecule has 0 rings (SSSR count). The summed E-state index contributed by atoms with van der Waals surface area (Å²) in [5.74, 6) is -2.59. The van der Waals surface area contributed by atoms with Crippen molar-refractivity contribution in [2.45, 2.75) is 193 Å². The number of carbonyl (C=O) groups is 3. The molecule has 0 heterocycles. The Labute approximate surface area is 315 Å². The number of aliphatic carboxylic acids is 1.